The predicted molar refractivity (Wildman–Crippen MR) is 128 cm³/mol. The number of aromatic nitrogens is 2. The van der Waals surface area contributed by atoms with E-state index < -0.39 is 15.8 Å². The molecule has 3 heterocycles. The van der Waals surface area contributed by atoms with Crippen LogP contribution in [0.4, 0.5) is 14.5 Å². The van der Waals surface area contributed by atoms with Gasteiger partial charge in [-0.05, 0) is 42.8 Å². The summed E-state index contributed by atoms with van der Waals surface area (Å²) in [5, 5.41) is 4.65. The molecule has 2 aliphatic rings. The number of benzene rings is 2. The number of carbonyl (C=O) groups excluding carboxylic acids is 1. The number of anilines is 1. The maximum Gasteiger partial charge on any atom is 0.256 e. The fraction of sp³-hybridized carbons (Fsp3) is 0.360. The maximum atomic E-state index is 13.7. The molecule has 0 aliphatic carbocycles. The van der Waals surface area contributed by atoms with E-state index in [1.165, 1.54) is 12.1 Å². The van der Waals surface area contributed by atoms with Crippen LogP contribution in [0.2, 0.25) is 0 Å². The number of rotatable bonds is 4. The first-order valence-electron chi connectivity index (χ1n) is 11.4. The minimum Gasteiger partial charge on any atom is -0.370 e. The Hall–Kier alpha value is -3.27. The van der Waals surface area contributed by atoms with Gasteiger partial charge in [0.15, 0.2) is 9.84 Å². The number of alkyl halides is 2. The fourth-order valence-corrected chi connectivity index (χ4v) is 5.28. The molecule has 3 aromatic rings. The Labute approximate surface area is 202 Å². The summed E-state index contributed by atoms with van der Waals surface area (Å²) in [5.41, 5.74) is 4.42. The van der Waals surface area contributed by atoms with Crippen LogP contribution in [0.15, 0.2) is 53.6 Å². The molecule has 0 spiro atoms. The van der Waals surface area contributed by atoms with Gasteiger partial charge in [0.2, 0.25) is 0 Å². The van der Waals surface area contributed by atoms with E-state index in [0.717, 1.165) is 28.8 Å². The molecule has 2 aromatic carbocycles. The molecule has 0 radical (unpaired) electrons. The van der Waals surface area contributed by atoms with Crippen LogP contribution in [0.25, 0.3) is 5.69 Å². The van der Waals surface area contributed by atoms with Crippen LogP contribution in [0, 0.1) is 6.92 Å². The van der Waals surface area contributed by atoms with Crippen molar-refractivity contribution >= 4 is 21.4 Å². The normalized spacial score (nSPS) is 17.5. The molecule has 1 amide bonds. The van der Waals surface area contributed by atoms with Crippen LogP contribution >= 0.6 is 0 Å². The summed E-state index contributed by atoms with van der Waals surface area (Å²) < 4.78 is 53.6. The van der Waals surface area contributed by atoms with Crippen molar-refractivity contribution in [2.75, 3.05) is 24.2 Å². The number of amides is 1. The van der Waals surface area contributed by atoms with Gasteiger partial charge in [0.1, 0.15) is 0 Å². The second-order valence-corrected chi connectivity index (χ2v) is 11.4. The fourth-order valence-electron chi connectivity index (χ4n) is 4.64. The van der Waals surface area contributed by atoms with E-state index in [0.29, 0.717) is 12.2 Å². The smallest absolute Gasteiger partial charge is 0.256 e. The van der Waals surface area contributed by atoms with E-state index in [1.54, 1.807) is 20.5 Å². The third-order valence-corrected chi connectivity index (χ3v) is 7.70. The van der Waals surface area contributed by atoms with E-state index in [-0.39, 0.29) is 48.8 Å². The van der Waals surface area contributed by atoms with Crippen LogP contribution < -0.4 is 4.90 Å². The maximum absolute atomic E-state index is 13.7. The number of hydrogen-bond donors (Lipinski definition) is 0. The highest BCUT2D eigenvalue weighted by Gasteiger charge is 2.36. The Bertz CT molecular complexity index is 1380. The van der Waals surface area contributed by atoms with Crippen molar-refractivity contribution in [2.45, 2.75) is 43.7 Å². The zero-order valence-corrected chi connectivity index (χ0v) is 20.4. The Morgan fingerprint density at radius 1 is 1.06 bits per heavy atom. The molecule has 1 fully saturated rings. The van der Waals surface area contributed by atoms with Gasteiger partial charge in [0.05, 0.1) is 28.4 Å². The third kappa shape index (κ3) is 4.67. The number of nitrogens with zero attached hydrogens (tertiary/aromatic N) is 4. The standard InChI is InChI=1S/C25H26F2N4O3S/c1-17-4-3-5-19(12-17)31-15-18-14-30(16-22(18)28-31)24(32)21-13-20(35(2,33)34)6-7-23(21)29-10-8-25(26,27)9-11-29/h3-7,12-13,15H,8-11,14,16H2,1-2H3. The predicted octanol–water partition coefficient (Wildman–Crippen LogP) is 3.98. The van der Waals surface area contributed by atoms with Crippen LogP contribution in [0.1, 0.15) is 40.0 Å². The highest BCUT2D eigenvalue weighted by atomic mass is 32.2. The van der Waals surface area contributed by atoms with Crippen molar-refractivity contribution in [1.29, 1.82) is 0 Å². The van der Waals surface area contributed by atoms with Crippen molar-refractivity contribution in [3.05, 3.63) is 71.0 Å². The lowest BCUT2D eigenvalue weighted by Crippen LogP contribution is -2.40. The quantitative estimate of drug-likeness (QED) is 0.542. The number of carbonyl (C=O) groups is 1. The van der Waals surface area contributed by atoms with Crippen molar-refractivity contribution in [3.8, 4) is 5.69 Å². The van der Waals surface area contributed by atoms with Gasteiger partial charge in [0.25, 0.3) is 11.8 Å². The van der Waals surface area contributed by atoms with E-state index >= 15 is 0 Å². The zero-order chi connectivity index (χ0) is 25.0. The van der Waals surface area contributed by atoms with Crippen LogP contribution in [0.3, 0.4) is 0 Å². The zero-order valence-electron chi connectivity index (χ0n) is 19.5. The molecule has 184 valence electrons. The van der Waals surface area contributed by atoms with E-state index in [9.17, 15) is 22.0 Å². The lowest BCUT2D eigenvalue weighted by atomic mass is 10.0. The lowest BCUT2D eigenvalue weighted by molar-refractivity contribution is -0.0220. The number of fused-ring (bicyclic) bond motifs is 1. The van der Waals surface area contributed by atoms with Gasteiger partial charge in [-0.1, -0.05) is 12.1 Å². The van der Waals surface area contributed by atoms with Gasteiger partial charge >= 0.3 is 0 Å². The number of aryl methyl sites for hydroxylation is 1. The largest absolute Gasteiger partial charge is 0.370 e. The average molecular weight is 501 g/mol. The van der Waals surface area contributed by atoms with Crippen LogP contribution in [-0.2, 0) is 22.9 Å². The molecule has 1 aromatic heterocycles. The average Bonchev–Trinajstić information content (AvgIpc) is 3.37. The molecule has 0 bridgehead atoms. The first-order chi connectivity index (χ1) is 16.5. The van der Waals surface area contributed by atoms with Crippen LogP contribution in [0.5, 0.6) is 0 Å². The molecular formula is C25H26F2N4O3S. The van der Waals surface area contributed by atoms with Gasteiger partial charge in [-0.3, -0.25) is 4.79 Å². The van der Waals surface area contributed by atoms with Gasteiger partial charge in [-0.25, -0.2) is 21.9 Å². The van der Waals surface area contributed by atoms with Gasteiger partial charge in [-0.15, -0.1) is 0 Å². The highest BCUT2D eigenvalue weighted by Crippen LogP contribution is 2.34. The third-order valence-electron chi connectivity index (χ3n) is 6.59. The Morgan fingerprint density at radius 2 is 1.80 bits per heavy atom. The van der Waals surface area contributed by atoms with Gasteiger partial charge in [0, 0.05) is 56.2 Å². The molecule has 10 heteroatoms. The molecule has 0 unspecified atom stereocenters. The molecule has 5 rings (SSSR count). The first kappa shape index (κ1) is 23.5. The van der Waals surface area contributed by atoms with Crippen molar-refractivity contribution in [2.24, 2.45) is 0 Å². The summed E-state index contributed by atoms with van der Waals surface area (Å²) in [6.07, 6.45) is 2.36. The van der Waals surface area contributed by atoms with Gasteiger partial charge in [-0.2, -0.15) is 5.10 Å². The Morgan fingerprint density at radius 3 is 2.46 bits per heavy atom. The summed E-state index contributed by atoms with van der Waals surface area (Å²) in [7, 11) is -3.56. The van der Waals surface area contributed by atoms with Crippen molar-refractivity contribution < 1.29 is 22.0 Å². The second-order valence-electron chi connectivity index (χ2n) is 9.34. The summed E-state index contributed by atoms with van der Waals surface area (Å²) in [4.78, 5) is 17.0. The van der Waals surface area contributed by atoms with E-state index in [4.69, 9.17) is 0 Å². The molecule has 35 heavy (non-hydrogen) atoms. The summed E-state index contributed by atoms with van der Waals surface area (Å²) in [5.74, 6) is -3.07. The van der Waals surface area contributed by atoms with Crippen molar-refractivity contribution in [1.82, 2.24) is 14.7 Å². The number of hydrogen-bond acceptors (Lipinski definition) is 5. The van der Waals surface area contributed by atoms with E-state index in [1.807, 2.05) is 37.4 Å². The summed E-state index contributed by atoms with van der Waals surface area (Å²) >= 11 is 0. The highest BCUT2D eigenvalue weighted by molar-refractivity contribution is 7.90. The van der Waals surface area contributed by atoms with Crippen molar-refractivity contribution in [3.63, 3.8) is 0 Å². The first-order valence-corrected chi connectivity index (χ1v) is 13.3. The molecule has 0 N–H and O–H groups in total. The molecule has 2 aliphatic heterocycles. The summed E-state index contributed by atoms with van der Waals surface area (Å²) in [6, 6.07) is 12.3. The number of piperidine rings is 1. The SMILES string of the molecule is Cc1cccc(-n2cc3c(n2)CN(C(=O)c2cc(S(C)(=O)=O)ccc2N2CCC(F)(F)CC2)C3)c1. The number of sulfone groups is 1. The van der Waals surface area contributed by atoms with Crippen LogP contribution in [-0.4, -0.2) is 54.3 Å². The van der Waals surface area contributed by atoms with Gasteiger partial charge < -0.3 is 9.80 Å². The Kier molecular flexibility index (Phi) is 5.66. The molecule has 1 saturated heterocycles. The Balaban J connectivity index is 1.43. The topological polar surface area (TPSA) is 75.5 Å². The molecule has 0 saturated carbocycles. The minimum absolute atomic E-state index is 0.0218. The lowest BCUT2D eigenvalue weighted by Gasteiger charge is -2.35. The minimum atomic E-state index is -3.56. The monoisotopic (exact) mass is 500 g/mol. The summed E-state index contributed by atoms with van der Waals surface area (Å²) in [6.45, 7) is 2.81. The molecule has 7 nitrogen and oxygen atoms in total. The second kappa shape index (κ2) is 8.44. The van der Waals surface area contributed by atoms with E-state index in [2.05, 4.69) is 5.10 Å². The molecule has 0 atom stereocenters. The molecular weight excluding hydrogens is 474 g/mol. The number of halogens is 2.